The molecule has 0 atom stereocenters. The lowest BCUT2D eigenvalue weighted by Gasteiger charge is -2.32. The lowest BCUT2D eigenvalue weighted by molar-refractivity contribution is 0.196. The van der Waals surface area contributed by atoms with Crippen LogP contribution in [0.4, 0.5) is 0 Å². The minimum Gasteiger partial charge on any atom is -0.493 e. The second-order valence-electron chi connectivity index (χ2n) is 8.75. The third-order valence-electron chi connectivity index (χ3n) is 6.59. The molecule has 2 fully saturated rings. The second-order valence-corrected chi connectivity index (χ2v) is 9.18. The fourth-order valence-corrected chi connectivity index (χ4v) is 4.71. The number of fused-ring (bicyclic) bond motifs is 1. The van der Waals surface area contributed by atoms with Crippen molar-refractivity contribution in [3.05, 3.63) is 52.9 Å². The number of aryl methyl sites for hydroxylation is 1. The van der Waals surface area contributed by atoms with E-state index in [0.29, 0.717) is 5.92 Å². The molecular formula is C24H29ClN4O. The van der Waals surface area contributed by atoms with Crippen molar-refractivity contribution in [3.8, 4) is 5.75 Å². The van der Waals surface area contributed by atoms with Gasteiger partial charge in [-0.3, -0.25) is 4.90 Å². The number of hydrogen-bond acceptors (Lipinski definition) is 4. The van der Waals surface area contributed by atoms with Gasteiger partial charge in [0, 0.05) is 18.3 Å². The van der Waals surface area contributed by atoms with Crippen LogP contribution in [-0.4, -0.2) is 39.1 Å². The predicted molar refractivity (Wildman–Crippen MR) is 120 cm³/mol. The zero-order valence-electron chi connectivity index (χ0n) is 17.6. The molecule has 2 aromatic heterocycles. The van der Waals surface area contributed by atoms with Crippen molar-refractivity contribution < 1.29 is 4.74 Å². The van der Waals surface area contributed by atoms with Crippen LogP contribution in [0.3, 0.4) is 0 Å². The van der Waals surface area contributed by atoms with Gasteiger partial charge in [-0.15, -0.1) is 0 Å². The van der Waals surface area contributed by atoms with E-state index in [9.17, 15) is 0 Å². The molecule has 158 valence electrons. The molecule has 30 heavy (non-hydrogen) atoms. The quantitative estimate of drug-likeness (QED) is 0.524. The Morgan fingerprint density at radius 1 is 1.13 bits per heavy atom. The highest BCUT2D eigenvalue weighted by molar-refractivity contribution is 6.30. The van der Waals surface area contributed by atoms with Crippen molar-refractivity contribution in [2.75, 3.05) is 19.7 Å². The molecule has 1 aliphatic heterocycles. The normalized spacial score (nSPS) is 18.2. The summed E-state index contributed by atoms with van der Waals surface area (Å²) < 4.78 is 8.34. The zero-order valence-corrected chi connectivity index (χ0v) is 18.3. The van der Waals surface area contributed by atoms with E-state index in [0.717, 1.165) is 72.8 Å². The van der Waals surface area contributed by atoms with Crippen LogP contribution in [0.2, 0.25) is 5.02 Å². The Hall–Kier alpha value is -2.11. The summed E-state index contributed by atoms with van der Waals surface area (Å²) in [6, 6.07) is 10.2. The first-order valence-corrected chi connectivity index (χ1v) is 11.5. The second kappa shape index (κ2) is 8.56. The Morgan fingerprint density at radius 3 is 2.73 bits per heavy atom. The Bertz CT molecular complexity index is 1020. The van der Waals surface area contributed by atoms with E-state index in [2.05, 4.69) is 39.7 Å². The van der Waals surface area contributed by atoms with Crippen molar-refractivity contribution in [2.24, 2.45) is 13.0 Å². The lowest BCUT2D eigenvalue weighted by Crippen LogP contribution is -2.33. The summed E-state index contributed by atoms with van der Waals surface area (Å²) >= 11 is 6.34. The summed E-state index contributed by atoms with van der Waals surface area (Å²) in [6.07, 6.45) is 7.95. The van der Waals surface area contributed by atoms with Gasteiger partial charge in [-0.2, -0.15) is 0 Å². The minimum absolute atomic E-state index is 0.498. The third-order valence-corrected chi connectivity index (χ3v) is 6.83. The lowest BCUT2D eigenvalue weighted by atomic mass is 9.88. The van der Waals surface area contributed by atoms with Crippen molar-refractivity contribution in [1.29, 1.82) is 0 Å². The van der Waals surface area contributed by atoms with Crippen molar-refractivity contribution >= 4 is 22.8 Å². The molecule has 6 heteroatoms. The van der Waals surface area contributed by atoms with Gasteiger partial charge in [0.1, 0.15) is 11.6 Å². The molecule has 0 bridgehead atoms. The van der Waals surface area contributed by atoms with Gasteiger partial charge in [-0.25, -0.2) is 9.97 Å². The summed E-state index contributed by atoms with van der Waals surface area (Å²) in [5.41, 5.74) is 3.20. The molecule has 1 saturated carbocycles. The Morgan fingerprint density at radius 2 is 1.97 bits per heavy atom. The van der Waals surface area contributed by atoms with Gasteiger partial charge in [-0.05, 0) is 80.1 Å². The minimum atomic E-state index is 0.498. The first-order valence-electron chi connectivity index (χ1n) is 11.1. The SMILES string of the molecule is Cn1c(CN2CCC(c3cc(Cl)ccc3OCCC3CC3)CC2)nc2ncccc21. The number of aromatic nitrogens is 3. The van der Waals surface area contributed by atoms with Crippen LogP contribution in [0.1, 0.15) is 49.4 Å². The van der Waals surface area contributed by atoms with Crippen LogP contribution in [0, 0.1) is 5.92 Å². The molecule has 2 aliphatic rings. The summed E-state index contributed by atoms with van der Waals surface area (Å²) in [6.45, 7) is 3.78. The van der Waals surface area contributed by atoms with Gasteiger partial charge in [0.05, 0.1) is 18.7 Å². The Kier molecular flexibility index (Phi) is 5.66. The highest BCUT2D eigenvalue weighted by atomic mass is 35.5. The molecule has 5 rings (SSSR count). The van der Waals surface area contributed by atoms with Crippen LogP contribution in [0.5, 0.6) is 5.75 Å². The van der Waals surface area contributed by atoms with Gasteiger partial charge in [0.25, 0.3) is 0 Å². The van der Waals surface area contributed by atoms with E-state index in [1.165, 1.54) is 24.8 Å². The fraction of sp³-hybridized carbons (Fsp3) is 0.500. The number of nitrogens with zero attached hydrogens (tertiary/aromatic N) is 4. The van der Waals surface area contributed by atoms with Gasteiger partial charge in [0.15, 0.2) is 5.65 Å². The van der Waals surface area contributed by atoms with E-state index < -0.39 is 0 Å². The molecule has 0 spiro atoms. The number of hydrogen-bond donors (Lipinski definition) is 0. The molecular weight excluding hydrogens is 396 g/mol. The maximum Gasteiger partial charge on any atom is 0.177 e. The number of halogens is 1. The Labute approximate surface area is 183 Å². The number of pyridine rings is 1. The van der Waals surface area contributed by atoms with Crippen LogP contribution < -0.4 is 4.74 Å². The maximum atomic E-state index is 6.34. The van der Waals surface area contributed by atoms with E-state index in [4.69, 9.17) is 21.3 Å². The topological polar surface area (TPSA) is 43.2 Å². The van der Waals surface area contributed by atoms with Crippen LogP contribution in [0.15, 0.2) is 36.5 Å². The number of imidazole rings is 1. The molecule has 1 aliphatic carbocycles. The third kappa shape index (κ3) is 4.33. The predicted octanol–water partition coefficient (Wildman–Crippen LogP) is 5.18. The molecule has 1 aromatic carbocycles. The van der Waals surface area contributed by atoms with Gasteiger partial charge in [0.2, 0.25) is 0 Å². The molecule has 0 unspecified atom stereocenters. The highest BCUT2D eigenvalue weighted by Gasteiger charge is 2.25. The van der Waals surface area contributed by atoms with E-state index in [-0.39, 0.29) is 0 Å². The fourth-order valence-electron chi connectivity index (χ4n) is 4.53. The van der Waals surface area contributed by atoms with E-state index in [1.54, 1.807) is 6.20 Å². The largest absolute Gasteiger partial charge is 0.493 e. The summed E-state index contributed by atoms with van der Waals surface area (Å²) in [5.74, 6) is 3.49. The molecule has 5 nitrogen and oxygen atoms in total. The first-order chi connectivity index (χ1) is 14.7. The first kappa shape index (κ1) is 19.8. The number of ether oxygens (including phenoxy) is 1. The number of piperidine rings is 1. The summed E-state index contributed by atoms with van der Waals surface area (Å²) in [4.78, 5) is 11.6. The smallest absolute Gasteiger partial charge is 0.177 e. The standard InChI is InChI=1S/C24H29ClN4O/c1-28-21-3-2-11-26-24(21)27-23(28)16-29-12-8-18(9-13-29)20-15-19(25)6-7-22(20)30-14-10-17-4-5-17/h2-3,6-7,11,15,17-18H,4-5,8-10,12-14,16H2,1H3. The van der Waals surface area contributed by atoms with Crippen molar-refractivity contribution in [3.63, 3.8) is 0 Å². The molecule has 0 radical (unpaired) electrons. The van der Waals surface area contributed by atoms with Crippen molar-refractivity contribution in [2.45, 2.75) is 44.6 Å². The molecule has 3 aromatic rings. The van der Waals surface area contributed by atoms with Gasteiger partial charge >= 0.3 is 0 Å². The van der Waals surface area contributed by atoms with Crippen LogP contribution >= 0.6 is 11.6 Å². The molecule has 0 N–H and O–H groups in total. The summed E-state index contributed by atoms with van der Waals surface area (Å²) in [7, 11) is 2.08. The number of likely N-dealkylation sites (tertiary alicyclic amines) is 1. The monoisotopic (exact) mass is 424 g/mol. The average Bonchev–Trinajstić information content (AvgIpc) is 3.54. The maximum absolute atomic E-state index is 6.34. The number of rotatable bonds is 7. The summed E-state index contributed by atoms with van der Waals surface area (Å²) in [5, 5.41) is 0.800. The Balaban J connectivity index is 1.23. The zero-order chi connectivity index (χ0) is 20.5. The van der Waals surface area contributed by atoms with E-state index >= 15 is 0 Å². The highest BCUT2D eigenvalue weighted by Crippen LogP contribution is 2.37. The average molecular weight is 425 g/mol. The van der Waals surface area contributed by atoms with Crippen molar-refractivity contribution in [1.82, 2.24) is 19.4 Å². The van der Waals surface area contributed by atoms with Gasteiger partial charge < -0.3 is 9.30 Å². The van der Waals surface area contributed by atoms with Crippen LogP contribution in [0.25, 0.3) is 11.2 Å². The molecule has 3 heterocycles. The molecule has 0 amide bonds. The van der Waals surface area contributed by atoms with Crippen LogP contribution in [-0.2, 0) is 13.6 Å². The molecule has 1 saturated heterocycles. The number of benzene rings is 1. The van der Waals surface area contributed by atoms with Gasteiger partial charge in [-0.1, -0.05) is 24.4 Å². The van der Waals surface area contributed by atoms with E-state index in [1.807, 2.05) is 12.1 Å².